The van der Waals surface area contributed by atoms with Crippen molar-refractivity contribution in [3.05, 3.63) is 58.2 Å². The molecule has 3 rings (SSSR count). The minimum atomic E-state index is -3.72. The molecule has 3 aromatic rings. The van der Waals surface area contributed by atoms with Gasteiger partial charge in [0.2, 0.25) is 9.84 Å². The number of hydrogen-bond donors (Lipinski definition) is 1. The average Bonchev–Trinajstić information content (AvgIpc) is 3.02. The van der Waals surface area contributed by atoms with Crippen molar-refractivity contribution in [2.45, 2.75) is 11.8 Å². The molecule has 0 fully saturated rings. The maximum absolute atomic E-state index is 12.2. The van der Waals surface area contributed by atoms with E-state index >= 15 is 0 Å². The summed E-state index contributed by atoms with van der Waals surface area (Å²) in [5, 5.41) is 7.27. The number of hydrogen-bond acceptors (Lipinski definition) is 5. The third-order valence-corrected chi connectivity index (χ3v) is 5.94. The van der Waals surface area contributed by atoms with Gasteiger partial charge in [-0.15, -0.1) is 0 Å². The zero-order valence-corrected chi connectivity index (χ0v) is 17.2. The van der Waals surface area contributed by atoms with Crippen LogP contribution in [0.3, 0.4) is 0 Å². The molecule has 0 atom stereocenters. The lowest BCUT2D eigenvalue weighted by Crippen LogP contribution is -2.12. The molecular formula is C18H14BrClN2O4S. The van der Waals surface area contributed by atoms with Crippen molar-refractivity contribution < 1.29 is 17.9 Å². The SMILES string of the molecule is CC(=O)OCS(=O)(=O)c1ccc(-c2[nH]nc(Cl)c2-c2cccc(Br)c2)cc1. The standard InChI is InChI=1S/C18H14BrClN2O4S/c1-11(23)26-10-27(24,25)15-7-5-12(6-8-15)17-16(18(20)22-21-17)13-3-2-4-14(19)9-13/h2-9H,10H2,1H3,(H,21,22). The van der Waals surface area contributed by atoms with E-state index in [1.54, 1.807) is 12.1 Å². The molecule has 27 heavy (non-hydrogen) atoms. The average molecular weight is 470 g/mol. The predicted molar refractivity (Wildman–Crippen MR) is 106 cm³/mol. The lowest BCUT2D eigenvalue weighted by atomic mass is 10.0. The number of sulfone groups is 1. The lowest BCUT2D eigenvalue weighted by Gasteiger charge is -2.07. The number of benzene rings is 2. The van der Waals surface area contributed by atoms with Crippen LogP contribution in [0.5, 0.6) is 0 Å². The predicted octanol–water partition coefficient (Wildman–Crippen LogP) is 4.45. The summed E-state index contributed by atoms with van der Waals surface area (Å²) in [5.74, 6) is -1.35. The molecular weight excluding hydrogens is 456 g/mol. The number of ether oxygens (including phenoxy) is 1. The van der Waals surface area contributed by atoms with Gasteiger partial charge in [-0.2, -0.15) is 5.10 Å². The van der Waals surface area contributed by atoms with Gasteiger partial charge in [-0.3, -0.25) is 9.89 Å². The van der Waals surface area contributed by atoms with Gasteiger partial charge >= 0.3 is 5.97 Å². The maximum atomic E-state index is 12.2. The molecule has 0 saturated heterocycles. The zero-order chi connectivity index (χ0) is 19.6. The number of esters is 1. The quantitative estimate of drug-likeness (QED) is 0.558. The van der Waals surface area contributed by atoms with Gasteiger partial charge in [0.25, 0.3) is 0 Å². The van der Waals surface area contributed by atoms with E-state index < -0.39 is 21.7 Å². The molecule has 0 bridgehead atoms. The van der Waals surface area contributed by atoms with Crippen molar-refractivity contribution in [1.29, 1.82) is 0 Å². The first-order valence-electron chi connectivity index (χ1n) is 7.74. The number of aromatic amines is 1. The van der Waals surface area contributed by atoms with Crippen LogP contribution >= 0.6 is 27.5 Å². The molecule has 0 aliphatic heterocycles. The Morgan fingerprint density at radius 3 is 2.52 bits per heavy atom. The number of carbonyl (C=O) groups is 1. The van der Waals surface area contributed by atoms with E-state index in [0.29, 0.717) is 16.4 Å². The van der Waals surface area contributed by atoms with Gasteiger partial charge in [0.05, 0.1) is 10.6 Å². The summed E-state index contributed by atoms with van der Waals surface area (Å²) in [6, 6.07) is 13.8. The highest BCUT2D eigenvalue weighted by Crippen LogP contribution is 2.36. The Morgan fingerprint density at radius 2 is 1.89 bits per heavy atom. The molecule has 9 heteroatoms. The Balaban J connectivity index is 1.96. The summed E-state index contributed by atoms with van der Waals surface area (Å²) in [5.41, 5.74) is 2.97. The van der Waals surface area contributed by atoms with E-state index in [4.69, 9.17) is 11.6 Å². The largest absolute Gasteiger partial charge is 0.449 e. The highest BCUT2D eigenvalue weighted by atomic mass is 79.9. The van der Waals surface area contributed by atoms with Crippen LogP contribution in [0.4, 0.5) is 0 Å². The van der Waals surface area contributed by atoms with Gasteiger partial charge in [-0.05, 0) is 29.8 Å². The van der Waals surface area contributed by atoms with Gasteiger partial charge in [-0.1, -0.05) is 51.8 Å². The van der Waals surface area contributed by atoms with Crippen LogP contribution in [0.1, 0.15) is 6.92 Å². The first kappa shape index (κ1) is 19.6. The van der Waals surface area contributed by atoms with Gasteiger partial charge in [0.15, 0.2) is 11.1 Å². The third kappa shape index (κ3) is 4.40. The van der Waals surface area contributed by atoms with E-state index in [9.17, 15) is 13.2 Å². The molecule has 140 valence electrons. The molecule has 0 aliphatic rings. The Bertz CT molecular complexity index is 1090. The number of aromatic nitrogens is 2. The summed E-state index contributed by atoms with van der Waals surface area (Å²) < 4.78 is 29.9. The van der Waals surface area contributed by atoms with Crippen LogP contribution in [0.25, 0.3) is 22.4 Å². The molecule has 2 aromatic carbocycles. The third-order valence-electron chi connectivity index (χ3n) is 3.75. The van der Waals surface area contributed by atoms with Crippen LogP contribution in [-0.4, -0.2) is 30.5 Å². The maximum Gasteiger partial charge on any atom is 0.303 e. The summed E-state index contributed by atoms with van der Waals surface area (Å²) in [7, 11) is -3.72. The molecule has 0 saturated carbocycles. The molecule has 0 radical (unpaired) electrons. The van der Waals surface area contributed by atoms with Crippen LogP contribution < -0.4 is 0 Å². The van der Waals surface area contributed by atoms with Crippen LogP contribution in [0, 0.1) is 0 Å². The Kier molecular flexibility index (Phi) is 5.69. The van der Waals surface area contributed by atoms with Gasteiger partial charge in [0.1, 0.15) is 0 Å². The molecule has 0 amide bonds. The summed E-state index contributed by atoms with van der Waals surface area (Å²) in [4.78, 5) is 10.9. The normalized spacial score (nSPS) is 11.4. The van der Waals surface area contributed by atoms with Crippen LogP contribution in [0.2, 0.25) is 5.15 Å². The minimum Gasteiger partial charge on any atom is -0.449 e. The fourth-order valence-corrected chi connectivity index (χ4v) is 4.15. The molecule has 6 nitrogen and oxygen atoms in total. The van der Waals surface area contributed by atoms with E-state index in [1.165, 1.54) is 12.1 Å². The molecule has 1 N–H and O–H groups in total. The molecule has 0 spiro atoms. The summed E-state index contributed by atoms with van der Waals surface area (Å²) in [6.45, 7) is 1.16. The monoisotopic (exact) mass is 468 g/mol. The zero-order valence-electron chi connectivity index (χ0n) is 14.1. The summed E-state index contributed by atoms with van der Waals surface area (Å²) in [6.07, 6.45) is 0. The van der Waals surface area contributed by atoms with Crippen molar-refractivity contribution in [2.24, 2.45) is 0 Å². The Labute approximate surface area is 169 Å². The van der Waals surface area contributed by atoms with Crippen molar-refractivity contribution in [2.75, 3.05) is 5.94 Å². The van der Waals surface area contributed by atoms with Gasteiger partial charge in [0, 0.05) is 22.5 Å². The van der Waals surface area contributed by atoms with E-state index in [-0.39, 0.29) is 4.90 Å². The van der Waals surface area contributed by atoms with E-state index in [1.807, 2.05) is 24.3 Å². The van der Waals surface area contributed by atoms with E-state index in [2.05, 4.69) is 30.9 Å². The lowest BCUT2D eigenvalue weighted by molar-refractivity contribution is -0.138. The molecule has 0 aliphatic carbocycles. The highest BCUT2D eigenvalue weighted by Gasteiger charge is 2.19. The van der Waals surface area contributed by atoms with E-state index in [0.717, 1.165) is 22.5 Å². The Hall–Kier alpha value is -2.16. The minimum absolute atomic E-state index is 0.0575. The number of nitrogens with one attached hydrogen (secondary N) is 1. The number of carbonyl (C=O) groups excluding carboxylic acids is 1. The number of H-pyrrole nitrogens is 1. The molecule has 0 unspecified atom stereocenters. The van der Waals surface area contributed by atoms with Crippen molar-refractivity contribution in [1.82, 2.24) is 10.2 Å². The second-order valence-corrected chi connectivity index (χ2v) is 8.88. The topological polar surface area (TPSA) is 89.1 Å². The molecule has 1 heterocycles. The molecule has 1 aromatic heterocycles. The van der Waals surface area contributed by atoms with Crippen LogP contribution in [-0.2, 0) is 19.4 Å². The number of nitrogens with zero attached hydrogens (tertiary/aromatic N) is 1. The highest BCUT2D eigenvalue weighted by molar-refractivity contribution is 9.10. The fourth-order valence-electron chi connectivity index (χ4n) is 2.49. The second-order valence-electron chi connectivity index (χ2n) is 5.67. The van der Waals surface area contributed by atoms with Crippen LogP contribution in [0.15, 0.2) is 57.9 Å². The number of halogens is 2. The number of rotatable bonds is 5. The van der Waals surface area contributed by atoms with Crippen molar-refractivity contribution in [3.8, 4) is 22.4 Å². The van der Waals surface area contributed by atoms with Gasteiger partial charge < -0.3 is 4.74 Å². The summed E-state index contributed by atoms with van der Waals surface area (Å²) >= 11 is 9.69. The first-order chi connectivity index (χ1) is 12.8. The van der Waals surface area contributed by atoms with Crippen molar-refractivity contribution >= 4 is 43.3 Å². The Morgan fingerprint density at radius 1 is 1.19 bits per heavy atom. The van der Waals surface area contributed by atoms with Crippen molar-refractivity contribution in [3.63, 3.8) is 0 Å². The second kappa shape index (κ2) is 7.84. The fraction of sp³-hybridized carbons (Fsp3) is 0.111. The smallest absolute Gasteiger partial charge is 0.303 e. The van der Waals surface area contributed by atoms with Gasteiger partial charge in [-0.25, -0.2) is 8.42 Å². The first-order valence-corrected chi connectivity index (χ1v) is 10.6.